The van der Waals surface area contributed by atoms with Gasteiger partial charge in [-0.3, -0.25) is 14.4 Å². The standard InChI is InChI=1S/C18H29N3O3/c1-4-5-6-12(15(22)17(24)20-10-7-8-10)21-16(23)14-13-11(9-19-14)18(13,2)3/h10-14,19H,4-9H2,1-3H3,(H,20,24)(H,21,23)/t11?,12-,13?,14?/m0/s1. The fourth-order valence-electron chi connectivity index (χ4n) is 4.06. The van der Waals surface area contributed by atoms with Crippen LogP contribution in [0, 0.1) is 17.3 Å². The summed E-state index contributed by atoms with van der Waals surface area (Å²) in [6.45, 7) is 7.26. The molecule has 3 unspecified atom stereocenters. The van der Waals surface area contributed by atoms with E-state index in [1.165, 1.54) is 0 Å². The number of hydrogen-bond donors (Lipinski definition) is 3. The largest absolute Gasteiger partial charge is 0.347 e. The molecule has 0 aromatic heterocycles. The van der Waals surface area contributed by atoms with E-state index in [4.69, 9.17) is 0 Å². The van der Waals surface area contributed by atoms with E-state index in [-0.39, 0.29) is 23.4 Å². The van der Waals surface area contributed by atoms with Gasteiger partial charge in [0.2, 0.25) is 11.7 Å². The van der Waals surface area contributed by atoms with Crippen LogP contribution in [0.1, 0.15) is 52.9 Å². The van der Waals surface area contributed by atoms with Gasteiger partial charge in [0.05, 0.1) is 12.1 Å². The summed E-state index contributed by atoms with van der Waals surface area (Å²) in [4.78, 5) is 37.1. The molecule has 1 heterocycles. The minimum Gasteiger partial charge on any atom is -0.347 e. The number of hydrogen-bond acceptors (Lipinski definition) is 4. The number of amides is 2. The monoisotopic (exact) mass is 335 g/mol. The molecular weight excluding hydrogens is 306 g/mol. The van der Waals surface area contributed by atoms with Crippen molar-refractivity contribution in [3.8, 4) is 0 Å². The highest BCUT2D eigenvalue weighted by Gasteiger charge is 2.65. The average molecular weight is 335 g/mol. The van der Waals surface area contributed by atoms with Crippen LogP contribution in [0.2, 0.25) is 0 Å². The van der Waals surface area contributed by atoms with Gasteiger partial charge in [0.1, 0.15) is 0 Å². The van der Waals surface area contributed by atoms with Gasteiger partial charge in [0.25, 0.3) is 5.91 Å². The molecule has 6 nitrogen and oxygen atoms in total. The van der Waals surface area contributed by atoms with Crippen molar-refractivity contribution in [1.82, 2.24) is 16.0 Å². The van der Waals surface area contributed by atoms with Crippen LogP contribution in [0.3, 0.4) is 0 Å². The van der Waals surface area contributed by atoms with Gasteiger partial charge in [-0.25, -0.2) is 0 Å². The maximum atomic E-state index is 12.6. The molecule has 1 aliphatic heterocycles. The molecule has 0 radical (unpaired) electrons. The molecule has 0 aromatic rings. The molecule has 0 bridgehead atoms. The number of ketones is 1. The highest BCUT2D eigenvalue weighted by atomic mass is 16.2. The number of fused-ring (bicyclic) bond motifs is 1. The zero-order valence-corrected chi connectivity index (χ0v) is 14.9. The topological polar surface area (TPSA) is 87.3 Å². The zero-order valence-electron chi connectivity index (χ0n) is 14.9. The molecule has 134 valence electrons. The molecule has 1 saturated heterocycles. The molecule has 6 heteroatoms. The van der Waals surface area contributed by atoms with Crippen LogP contribution in [0.5, 0.6) is 0 Å². The summed E-state index contributed by atoms with van der Waals surface area (Å²) in [7, 11) is 0. The summed E-state index contributed by atoms with van der Waals surface area (Å²) in [5.74, 6) is -0.325. The van der Waals surface area contributed by atoms with Crippen molar-refractivity contribution in [1.29, 1.82) is 0 Å². The zero-order chi connectivity index (χ0) is 17.5. The minimum absolute atomic E-state index is 0.137. The molecule has 3 rings (SSSR count). The van der Waals surface area contributed by atoms with E-state index in [1.54, 1.807) is 0 Å². The average Bonchev–Trinajstić information content (AvgIpc) is 3.37. The van der Waals surface area contributed by atoms with Crippen molar-refractivity contribution in [2.75, 3.05) is 6.54 Å². The molecule has 24 heavy (non-hydrogen) atoms. The fraction of sp³-hybridized carbons (Fsp3) is 0.833. The van der Waals surface area contributed by atoms with Crippen LogP contribution in [0.15, 0.2) is 0 Å². The SMILES string of the molecule is CCCC[C@H](NC(=O)C1NCC2C1C2(C)C)C(=O)C(=O)NC1CC1. The number of rotatable bonds is 8. The predicted octanol–water partition coefficient (Wildman–Crippen LogP) is 0.753. The molecule has 2 saturated carbocycles. The lowest BCUT2D eigenvalue weighted by molar-refractivity contribution is -0.140. The first-order chi connectivity index (χ1) is 11.4. The van der Waals surface area contributed by atoms with Gasteiger partial charge >= 0.3 is 0 Å². The van der Waals surface area contributed by atoms with Crippen LogP contribution >= 0.6 is 0 Å². The molecule has 0 spiro atoms. The van der Waals surface area contributed by atoms with Gasteiger partial charge in [0, 0.05) is 6.04 Å². The van der Waals surface area contributed by atoms with Crippen molar-refractivity contribution < 1.29 is 14.4 Å². The number of unbranched alkanes of at least 4 members (excludes halogenated alkanes) is 1. The number of carbonyl (C=O) groups excluding carboxylic acids is 3. The Kier molecular flexibility index (Phi) is 4.69. The first-order valence-corrected chi connectivity index (χ1v) is 9.24. The van der Waals surface area contributed by atoms with Crippen LogP contribution < -0.4 is 16.0 Å². The van der Waals surface area contributed by atoms with Crippen molar-refractivity contribution in [3.63, 3.8) is 0 Å². The van der Waals surface area contributed by atoms with Crippen molar-refractivity contribution in [3.05, 3.63) is 0 Å². The highest BCUT2D eigenvalue weighted by molar-refractivity contribution is 6.38. The Morgan fingerprint density at radius 2 is 1.96 bits per heavy atom. The third-order valence-corrected chi connectivity index (χ3v) is 5.95. The Labute approximate surface area is 143 Å². The molecule has 0 aromatic carbocycles. The summed E-state index contributed by atoms with van der Waals surface area (Å²) in [6.07, 6.45) is 4.13. The minimum atomic E-state index is -0.709. The number of Topliss-reactive ketones (excluding diaryl/α,β-unsaturated/α-hetero) is 1. The number of carbonyl (C=O) groups is 3. The summed E-state index contributed by atoms with van der Waals surface area (Å²) in [6, 6.07) is -0.805. The van der Waals surface area contributed by atoms with Gasteiger partial charge < -0.3 is 16.0 Å². The number of piperidine rings is 1. The van der Waals surface area contributed by atoms with Gasteiger partial charge in [-0.05, 0) is 43.1 Å². The van der Waals surface area contributed by atoms with Crippen molar-refractivity contribution >= 4 is 17.6 Å². The summed E-state index contributed by atoms with van der Waals surface area (Å²) < 4.78 is 0. The van der Waals surface area contributed by atoms with E-state index in [0.29, 0.717) is 18.3 Å². The van der Waals surface area contributed by atoms with Crippen molar-refractivity contribution in [2.45, 2.75) is 71.0 Å². The van der Waals surface area contributed by atoms with Crippen LogP contribution in [0.4, 0.5) is 0 Å². The predicted molar refractivity (Wildman–Crippen MR) is 90.2 cm³/mol. The molecule has 2 aliphatic carbocycles. The quantitative estimate of drug-likeness (QED) is 0.571. The Morgan fingerprint density at radius 3 is 2.50 bits per heavy atom. The molecule has 4 atom stereocenters. The maximum Gasteiger partial charge on any atom is 0.289 e. The lowest BCUT2D eigenvalue weighted by Crippen LogP contribution is -2.53. The number of nitrogens with one attached hydrogen (secondary N) is 3. The van der Waals surface area contributed by atoms with E-state index in [9.17, 15) is 14.4 Å². The molecule has 3 fully saturated rings. The van der Waals surface area contributed by atoms with E-state index < -0.39 is 17.7 Å². The van der Waals surface area contributed by atoms with Crippen LogP contribution in [-0.2, 0) is 14.4 Å². The van der Waals surface area contributed by atoms with Gasteiger partial charge in [-0.1, -0.05) is 33.6 Å². The third-order valence-electron chi connectivity index (χ3n) is 5.95. The smallest absolute Gasteiger partial charge is 0.289 e. The lowest BCUT2D eigenvalue weighted by Gasteiger charge is -2.22. The molecule has 3 N–H and O–H groups in total. The first-order valence-electron chi connectivity index (χ1n) is 9.24. The second-order valence-corrected chi connectivity index (χ2v) is 8.15. The fourth-order valence-corrected chi connectivity index (χ4v) is 4.06. The Hall–Kier alpha value is -1.43. The van der Waals surface area contributed by atoms with Crippen LogP contribution in [-0.4, -0.2) is 42.3 Å². The lowest BCUT2D eigenvalue weighted by atomic mass is 10.0. The van der Waals surface area contributed by atoms with Crippen molar-refractivity contribution in [2.24, 2.45) is 17.3 Å². The molecular formula is C18H29N3O3. The van der Waals surface area contributed by atoms with E-state index in [2.05, 4.69) is 29.8 Å². The maximum absolute atomic E-state index is 12.6. The van der Waals surface area contributed by atoms with E-state index >= 15 is 0 Å². The first kappa shape index (κ1) is 17.4. The highest BCUT2D eigenvalue weighted by Crippen LogP contribution is 2.62. The Bertz CT molecular complexity index is 542. The van der Waals surface area contributed by atoms with Gasteiger partial charge in [-0.2, -0.15) is 0 Å². The normalized spacial score (nSPS) is 31.0. The van der Waals surface area contributed by atoms with Crippen LogP contribution in [0.25, 0.3) is 0 Å². The summed E-state index contributed by atoms with van der Waals surface area (Å²) in [5.41, 5.74) is 0.194. The second-order valence-electron chi connectivity index (χ2n) is 8.15. The van der Waals surface area contributed by atoms with Gasteiger partial charge in [0.15, 0.2) is 0 Å². The Balaban J connectivity index is 1.59. The van der Waals surface area contributed by atoms with E-state index in [0.717, 1.165) is 32.2 Å². The second kappa shape index (κ2) is 6.47. The van der Waals surface area contributed by atoms with Gasteiger partial charge in [-0.15, -0.1) is 0 Å². The third kappa shape index (κ3) is 3.34. The molecule has 3 aliphatic rings. The molecule has 2 amide bonds. The Morgan fingerprint density at radius 1 is 1.25 bits per heavy atom. The summed E-state index contributed by atoms with van der Waals surface area (Å²) in [5, 5.41) is 8.84. The summed E-state index contributed by atoms with van der Waals surface area (Å²) >= 11 is 0. The van der Waals surface area contributed by atoms with E-state index in [1.807, 2.05) is 6.92 Å².